The normalized spacial score (nSPS) is 17.3. The molecule has 22 heavy (non-hydrogen) atoms. The molecule has 1 aromatic rings. The predicted octanol–water partition coefficient (Wildman–Crippen LogP) is 0.0601. The van der Waals surface area contributed by atoms with Crippen molar-refractivity contribution >= 4 is 15.7 Å². The van der Waals surface area contributed by atoms with Crippen molar-refractivity contribution in [2.45, 2.75) is 11.8 Å². The second-order valence-electron chi connectivity index (χ2n) is 5.54. The van der Waals surface area contributed by atoms with Crippen LogP contribution >= 0.6 is 0 Å². The van der Waals surface area contributed by atoms with Gasteiger partial charge in [0.05, 0.1) is 42.5 Å². The number of rotatable bonds is 5. The highest BCUT2D eigenvalue weighted by atomic mass is 32.2. The zero-order chi connectivity index (χ0) is 16.3. The number of quaternary nitrogens is 1. The molecule has 0 unspecified atom stereocenters. The smallest absolute Gasteiger partial charge is 0.269 e. The SMILES string of the molecule is C=C(C)C[NH+]1CCN(S(=O)(=O)c2ccc([N+](=O)[O-])cc2)CC1. The van der Waals surface area contributed by atoms with Crippen LogP contribution in [0, 0.1) is 10.1 Å². The molecule has 1 saturated heterocycles. The van der Waals surface area contributed by atoms with Crippen LogP contribution in [-0.2, 0) is 10.0 Å². The van der Waals surface area contributed by atoms with Crippen LogP contribution in [0.25, 0.3) is 0 Å². The van der Waals surface area contributed by atoms with E-state index in [1.165, 1.54) is 33.5 Å². The monoisotopic (exact) mass is 326 g/mol. The van der Waals surface area contributed by atoms with Crippen molar-refractivity contribution in [3.05, 3.63) is 46.5 Å². The summed E-state index contributed by atoms with van der Waals surface area (Å²) in [6.45, 7) is 9.06. The number of piperazine rings is 1. The van der Waals surface area contributed by atoms with Gasteiger partial charge in [0, 0.05) is 12.1 Å². The van der Waals surface area contributed by atoms with Crippen LogP contribution in [0.5, 0.6) is 0 Å². The van der Waals surface area contributed by atoms with Gasteiger partial charge in [0.25, 0.3) is 5.69 Å². The largest absolute Gasteiger partial charge is 0.329 e. The van der Waals surface area contributed by atoms with E-state index in [4.69, 9.17) is 0 Å². The van der Waals surface area contributed by atoms with Crippen molar-refractivity contribution in [3.63, 3.8) is 0 Å². The quantitative estimate of drug-likeness (QED) is 0.471. The number of sulfonamides is 1. The van der Waals surface area contributed by atoms with Gasteiger partial charge in [-0.1, -0.05) is 6.58 Å². The molecular weight excluding hydrogens is 306 g/mol. The van der Waals surface area contributed by atoms with Gasteiger partial charge >= 0.3 is 0 Å². The van der Waals surface area contributed by atoms with E-state index < -0.39 is 14.9 Å². The fourth-order valence-corrected chi connectivity index (χ4v) is 3.98. The fourth-order valence-electron chi connectivity index (χ4n) is 2.54. The molecule has 8 heteroatoms. The zero-order valence-electron chi connectivity index (χ0n) is 12.5. The topological polar surface area (TPSA) is 85.0 Å². The third-order valence-electron chi connectivity index (χ3n) is 3.67. The van der Waals surface area contributed by atoms with Crippen LogP contribution in [0.4, 0.5) is 5.69 Å². The standard InChI is InChI=1S/C14H19N3O4S/c1-12(2)11-15-7-9-16(10-8-15)22(20,21)14-5-3-13(4-6-14)17(18)19/h3-6H,1,7-11H2,2H3/p+1. The molecule has 0 saturated carbocycles. The molecule has 7 nitrogen and oxygen atoms in total. The number of nitro groups is 1. The van der Waals surface area contributed by atoms with Gasteiger partial charge in [-0.2, -0.15) is 4.31 Å². The Labute approximate surface area is 130 Å². The summed E-state index contributed by atoms with van der Waals surface area (Å²) in [5.41, 5.74) is 0.969. The highest BCUT2D eigenvalue weighted by Crippen LogP contribution is 2.19. The summed E-state index contributed by atoms with van der Waals surface area (Å²) < 4.78 is 26.5. The lowest BCUT2D eigenvalue weighted by atomic mass is 10.3. The van der Waals surface area contributed by atoms with Crippen LogP contribution in [0.15, 0.2) is 41.3 Å². The lowest BCUT2D eigenvalue weighted by Gasteiger charge is -2.31. The molecule has 1 fully saturated rings. The van der Waals surface area contributed by atoms with Gasteiger partial charge in [-0.25, -0.2) is 8.42 Å². The van der Waals surface area contributed by atoms with Crippen molar-refractivity contribution in [3.8, 4) is 0 Å². The first-order chi connectivity index (χ1) is 10.3. The van der Waals surface area contributed by atoms with Crippen molar-refractivity contribution in [2.75, 3.05) is 32.7 Å². The molecule has 1 aliphatic rings. The summed E-state index contributed by atoms with van der Waals surface area (Å²) in [5.74, 6) is 0. The minimum absolute atomic E-state index is 0.0986. The Hall–Kier alpha value is -1.77. The van der Waals surface area contributed by atoms with E-state index >= 15 is 0 Å². The molecule has 2 rings (SSSR count). The van der Waals surface area contributed by atoms with E-state index in [1.807, 2.05) is 6.92 Å². The lowest BCUT2D eigenvalue weighted by Crippen LogP contribution is -3.14. The number of nitrogens with zero attached hydrogens (tertiary/aromatic N) is 2. The van der Waals surface area contributed by atoms with E-state index in [2.05, 4.69) is 6.58 Å². The Morgan fingerprint density at radius 2 is 1.86 bits per heavy atom. The number of non-ortho nitro benzene ring substituents is 1. The second-order valence-corrected chi connectivity index (χ2v) is 7.48. The number of nitro benzene ring substituents is 1. The van der Waals surface area contributed by atoms with E-state index in [9.17, 15) is 18.5 Å². The van der Waals surface area contributed by atoms with Crippen LogP contribution in [0.1, 0.15) is 6.92 Å². The summed E-state index contributed by atoms with van der Waals surface area (Å²) in [5, 5.41) is 10.6. The maximum absolute atomic E-state index is 12.5. The summed E-state index contributed by atoms with van der Waals surface area (Å²) in [7, 11) is -3.58. The zero-order valence-corrected chi connectivity index (χ0v) is 13.3. The van der Waals surface area contributed by atoms with Crippen LogP contribution in [-0.4, -0.2) is 50.4 Å². The number of hydrogen-bond acceptors (Lipinski definition) is 4. The molecule has 0 spiro atoms. The van der Waals surface area contributed by atoms with Crippen LogP contribution in [0.2, 0.25) is 0 Å². The first-order valence-corrected chi connectivity index (χ1v) is 8.47. The number of benzene rings is 1. The molecule has 0 aromatic heterocycles. The van der Waals surface area contributed by atoms with E-state index in [0.717, 1.165) is 25.2 Å². The maximum atomic E-state index is 12.5. The van der Waals surface area contributed by atoms with Crippen LogP contribution < -0.4 is 4.90 Å². The minimum Gasteiger partial charge on any atom is -0.329 e. The Morgan fingerprint density at radius 3 is 2.32 bits per heavy atom. The van der Waals surface area contributed by atoms with Gasteiger partial charge in [-0.3, -0.25) is 10.1 Å². The Morgan fingerprint density at radius 1 is 1.32 bits per heavy atom. The van der Waals surface area contributed by atoms with Crippen molar-refractivity contribution in [1.29, 1.82) is 0 Å². The summed E-state index contributed by atoms with van der Waals surface area (Å²) >= 11 is 0. The van der Waals surface area contributed by atoms with Crippen molar-refractivity contribution < 1.29 is 18.2 Å². The van der Waals surface area contributed by atoms with Crippen LogP contribution in [0.3, 0.4) is 0 Å². The van der Waals surface area contributed by atoms with Gasteiger partial charge in [0.1, 0.15) is 0 Å². The first kappa shape index (κ1) is 16.6. The Kier molecular flexibility index (Phi) is 4.94. The predicted molar refractivity (Wildman–Crippen MR) is 82.2 cm³/mol. The third-order valence-corrected chi connectivity index (χ3v) is 5.58. The summed E-state index contributed by atoms with van der Waals surface area (Å²) in [6.07, 6.45) is 0. The Bertz CT molecular complexity index is 662. The molecule has 1 aromatic carbocycles. The van der Waals surface area contributed by atoms with E-state index in [0.29, 0.717) is 13.1 Å². The van der Waals surface area contributed by atoms with Gasteiger partial charge in [0.2, 0.25) is 10.0 Å². The van der Waals surface area contributed by atoms with E-state index in [1.54, 1.807) is 0 Å². The van der Waals surface area contributed by atoms with E-state index in [-0.39, 0.29) is 10.6 Å². The average molecular weight is 326 g/mol. The molecule has 0 amide bonds. The lowest BCUT2D eigenvalue weighted by molar-refractivity contribution is -0.898. The van der Waals surface area contributed by atoms with Gasteiger partial charge in [0.15, 0.2) is 0 Å². The highest BCUT2D eigenvalue weighted by Gasteiger charge is 2.30. The fraction of sp³-hybridized carbons (Fsp3) is 0.429. The molecule has 0 atom stereocenters. The molecular formula is C14H20N3O4S+. The summed E-state index contributed by atoms with van der Waals surface area (Å²) in [6, 6.07) is 5.02. The van der Waals surface area contributed by atoms with Crippen molar-refractivity contribution in [1.82, 2.24) is 4.31 Å². The summed E-state index contributed by atoms with van der Waals surface area (Å²) in [4.78, 5) is 11.5. The highest BCUT2D eigenvalue weighted by molar-refractivity contribution is 7.89. The first-order valence-electron chi connectivity index (χ1n) is 7.03. The number of nitrogens with one attached hydrogen (secondary N) is 1. The Balaban J connectivity index is 2.08. The minimum atomic E-state index is -3.58. The third kappa shape index (κ3) is 3.70. The maximum Gasteiger partial charge on any atom is 0.269 e. The molecule has 1 heterocycles. The van der Waals surface area contributed by atoms with Gasteiger partial charge < -0.3 is 4.90 Å². The second kappa shape index (κ2) is 6.55. The van der Waals surface area contributed by atoms with Gasteiger partial charge in [-0.15, -0.1) is 0 Å². The average Bonchev–Trinajstić information content (AvgIpc) is 2.47. The molecule has 0 radical (unpaired) electrons. The molecule has 0 aliphatic carbocycles. The number of hydrogen-bond donors (Lipinski definition) is 1. The molecule has 0 bridgehead atoms. The van der Waals surface area contributed by atoms with Crippen molar-refractivity contribution in [2.24, 2.45) is 0 Å². The molecule has 1 N–H and O–H groups in total. The molecule has 1 aliphatic heterocycles. The molecule has 120 valence electrons. The van der Waals surface area contributed by atoms with Gasteiger partial charge in [-0.05, 0) is 24.6 Å².